The van der Waals surface area contributed by atoms with Crippen LogP contribution in [0, 0.1) is 18.7 Å². The number of nitrogens with one attached hydrogen (secondary N) is 1. The van der Waals surface area contributed by atoms with E-state index in [-0.39, 0.29) is 5.82 Å². The summed E-state index contributed by atoms with van der Waals surface area (Å²) in [5.41, 5.74) is 1.96. The molecule has 0 aromatic heterocycles. The van der Waals surface area contributed by atoms with E-state index in [0.29, 0.717) is 6.04 Å². The molecule has 1 aliphatic carbocycles. The Balaban J connectivity index is 2.09. The van der Waals surface area contributed by atoms with Gasteiger partial charge in [-0.1, -0.05) is 31.4 Å². The van der Waals surface area contributed by atoms with Gasteiger partial charge in [-0.25, -0.2) is 4.39 Å². The molecule has 1 aliphatic rings. The highest BCUT2D eigenvalue weighted by Gasteiger charge is 2.22. The molecule has 0 radical (unpaired) electrons. The molecule has 0 heterocycles. The van der Waals surface area contributed by atoms with Crippen molar-refractivity contribution in [3.63, 3.8) is 0 Å². The van der Waals surface area contributed by atoms with Gasteiger partial charge in [0.25, 0.3) is 0 Å². The summed E-state index contributed by atoms with van der Waals surface area (Å²) in [5, 5.41) is 3.34. The minimum atomic E-state index is -0.109. The molecule has 1 unspecified atom stereocenters. The van der Waals surface area contributed by atoms with E-state index in [9.17, 15) is 4.39 Å². The molecule has 16 heavy (non-hydrogen) atoms. The lowest BCUT2D eigenvalue weighted by atomic mass is 9.79. The van der Waals surface area contributed by atoms with Crippen LogP contribution in [0.3, 0.4) is 0 Å². The van der Waals surface area contributed by atoms with Crippen molar-refractivity contribution in [3.8, 4) is 0 Å². The number of halogens is 1. The topological polar surface area (TPSA) is 12.0 Å². The van der Waals surface area contributed by atoms with Crippen molar-refractivity contribution in [1.29, 1.82) is 0 Å². The third-order valence-corrected chi connectivity index (χ3v) is 3.73. The Labute approximate surface area is 97.1 Å². The largest absolute Gasteiger partial charge is 0.313 e. The summed E-state index contributed by atoms with van der Waals surface area (Å²) >= 11 is 0. The number of benzene rings is 1. The first-order valence-electron chi connectivity index (χ1n) is 6.14. The zero-order valence-corrected chi connectivity index (χ0v) is 10.1. The standard InChI is InChI=1S/C14H20FN/c1-10-8-12(6-7-13(10)15)14(16-2)9-11-4-3-5-11/h6-8,11,14,16H,3-5,9H2,1-2H3. The molecule has 2 heteroatoms. The molecule has 1 aromatic rings. The van der Waals surface area contributed by atoms with Crippen LogP contribution in [0.5, 0.6) is 0 Å². The average Bonchev–Trinajstić information content (AvgIpc) is 2.21. The summed E-state index contributed by atoms with van der Waals surface area (Å²) in [6.07, 6.45) is 5.28. The third-order valence-electron chi connectivity index (χ3n) is 3.73. The van der Waals surface area contributed by atoms with Gasteiger partial charge in [0.15, 0.2) is 0 Å². The highest BCUT2D eigenvalue weighted by Crippen LogP contribution is 2.34. The van der Waals surface area contributed by atoms with Gasteiger partial charge in [-0.15, -0.1) is 0 Å². The van der Waals surface area contributed by atoms with E-state index < -0.39 is 0 Å². The van der Waals surface area contributed by atoms with Gasteiger partial charge >= 0.3 is 0 Å². The second-order valence-corrected chi connectivity index (χ2v) is 4.88. The van der Waals surface area contributed by atoms with E-state index in [0.717, 1.165) is 11.5 Å². The SMILES string of the molecule is CNC(CC1CCC1)c1ccc(F)c(C)c1. The van der Waals surface area contributed by atoms with E-state index >= 15 is 0 Å². The lowest BCUT2D eigenvalue weighted by Gasteiger charge is -2.30. The summed E-state index contributed by atoms with van der Waals surface area (Å²) in [6, 6.07) is 5.83. The fourth-order valence-electron chi connectivity index (χ4n) is 2.37. The molecule has 0 bridgehead atoms. The Bertz CT molecular complexity index is 358. The van der Waals surface area contributed by atoms with Crippen molar-refractivity contribution in [2.75, 3.05) is 7.05 Å². The first-order valence-corrected chi connectivity index (χ1v) is 6.14. The zero-order valence-electron chi connectivity index (χ0n) is 10.1. The maximum Gasteiger partial charge on any atom is 0.126 e. The number of rotatable bonds is 4. The third kappa shape index (κ3) is 2.43. The predicted octanol–water partition coefficient (Wildman–Crippen LogP) is 3.58. The van der Waals surface area contributed by atoms with Gasteiger partial charge in [0.05, 0.1) is 0 Å². The molecule has 1 aromatic carbocycles. The van der Waals surface area contributed by atoms with Crippen molar-refractivity contribution in [2.24, 2.45) is 5.92 Å². The summed E-state index contributed by atoms with van der Waals surface area (Å²) < 4.78 is 13.2. The first-order chi connectivity index (χ1) is 7.70. The highest BCUT2D eigenvalue weighted by atomic mass is 19.1. The normalized spacial score (nSPS) is 18.2. The molecule has 0 amide bonds. The van der Waals surface area contributed by atoms with Gasteiger partial charge in [0.2, 0.25) is 0 Å². The Morgan fingerprint density at radius 2 is 2.19 bits per heavy atom. The van der Waals surface area contributed by atoms with Crippen molar-refractivity contribution in [3.05, 3.63) is 35.1 Å². The quantitative estimate of drug-likeness (QED) is 0.819. The molecule has 2 rings (SSSR count). The second kappa shape index (κ2) is 4.96. The van der Waals surface area contributed by atoms with Gasteiger partial charge in [-0.05, 0) is 43.5 Å². The van der Waals surface area contributed by atoms with Gasteiger partial charge in [-0.3, -0.25) is 0 Å². The van der Waals surface area contributed by atoms with Gasteiger partial charge in [-0.2, -0.15) is 0 Å². The number of hydrogen-bond acceptors (Lipinski definition) is 1. The molecular weight excluding hydrogens is 201 g/mol. The molecule has 0 spiro atoms. The Morgan fingerprint density at radius 1 is 1.44 bits per heavy atom. The van der Waals surface area contributed by atoms with E-state index in [1.165, 1.54) is 31.2 Å². The molecular formula is C14H20FN. The van der Waals surface area contributed by atoms with Crippen LogP contribution < -0.4 is 5.32 Å². The fraction of sp³-hybridized carbons (Fsp3) is 0.571. The second-order valence-electron chi connectivity index (χ2n) is 4.88. The van der Waals surface area contributed by atoms with Crippen LogP contribution in [0.2, 0.25) is 0 Å². The molecule has 1 saturated carbocycles. The van der Waals surface area contributed by atoms with Crippen LogP contribution >= 0.6 is 0 Å². The number of aryl methyl sites for hydroxylation is 1. The molecule has 1 N–H and O–H groups in total. The molecule has 1 atom stereocenters. The Hall–Kier alpha value is -0.890. The summed E-state index contributed by atoms with van der Waals surface area (Å²) in [7, 11) is 1.99. The van der Waals surface area contributed by atoms with Crippen LogP contribution in [0.4, 0.5) is 4.39 Å². The van der Waals surface area contributed by atoms with Crippen molar-refractivity contribution in [2.45, 2.75) is 38.6 Å². The van der Waals surface area contributed by atoms with Crippen LogP contribution in [0.25, 0.3) is 0 Å². The Kier molecular flexibility index (Phi) is 3.59. The van der Waals surface area contributed by atoms with Crippen molar-refractivity contribution >= 4 is 0 Å². The minimum absolute atomic E-state index is 0.109. The maximum atomic E-state index is 13.2. The number of hydrogen-bond donors (Lipinski definition) is 1. The van der Waals surface area contributed by atoms with Crippen LogP contribution in [-0.2, 0) is 0 Å². The molecule has 0 saturated heterocycles. The smallest absolute Gasteiger partial charge is 0.126 e. The van der Waals surface area contributed by atoms with Crippen molar-refractivity contribution < 1.29 is 4.39 Å². The van der Waals surface area contributed by atoms with E-state index in [1.807, 2.05) is 26.1 Å². The minimum Gasteiger partial charge on any atom is -0.313 e. The predicted molar refractivity (Wildman–Crippen MR) is 64.9 cm³/mol. The summed E-state index contributed by atoms with van der Waals surface area (Å²) in [6.45, 7) is 1.83. The summed E-state index contributed by atoms with van der Waals surface area (Å²) in [4.78, 5) is 0. The van der Waals surface area contributed by atoms with E-state index in [4.69, 9.17) is 0 Å². The van der Waals surface area contributed by atoms with Gasteiger partial charge in [0, 0.05) is 6.04 Å². The zero-order chi connectivity index (χ0) is 11.5. The average molecular weight is 221 g/mol. The molecule has 88 valence electrons. The van der Waals surface area contributed by atoms with Crippen molar-refractivity contribution in [1.82, 2.24) is 5.32 Å². The Morgan fingerprint density at radius 3 is 2.69 bits per heavy atom. The lowest BCUT2D eigenvalue weighted by molar-refractivity contribution is 0.265. The lowest BCUT2D eigenvalue weighted by Crippen LogP contribution is -2.23. The molecule has 1 fully saturated rings. The highest BCUT2D eigenvalue weighted by molar-refractivity contribution is 5.26. The van der Waals surface area contributed by atoms with Crippen LogP contribution in [0.15, 0.2) is 18.2 Å². The summed E-state index contributed by atoms with van der Waals surface area (Å²) in [5.74, 6) is 0.755. The van der Waals surface area contributed by atoms with Gasteiger partial charge in [0.1, 0.15) is 5.82 Å². The van der Waals surface area contributed by atoms with Crippen LogP contribution in [0.1, 0.15) is 42.9 Å². The van der Waals surface area contributed by atoms with E-state index in [2.05, 4.69) is 5.32 Å². The fourth-order valence-corrected chi connectivity index (χ4v) is 2.37. The van der Waals surface area contributed by atoms with Gasteiger partial charge < -0.3 is 5.32 Å². The maximum absolute atomic E-state index is 13.2. The molecule has 1 nitrogen and oxygen atoms in total. The van der Waals surface area contributed by atoms with E-state index in [1.54, 1.807) is 6.07 Å². The van der Waals surface area contributed by atoms with Crippen LogP contribution in [-0.4, -0.2) is 7.05 Å². The first kappa shape index (κ1) is 11.6. The monoisotopic (exact) mass is 221 g/mol. The molecule has 0 aliphatic heterocycles.